The molecule has 0 atom stereocenters. The highest BCUT2D eigenvalue weighted by atomic mass is 19.1. The van der Waals surface area contributed by atoms with Crippen LogP contribution in [0.15, 0.2) is 54.9 Å². The topological polar surface area (TPSA) is 121 Å². The third-order valence-electron chi connectivity index (χ3n) is 5.49. The van der Waals surface area contributed by atoms with Crippen LogP contribution in [0.3, 0.4) is 0 Å². The maximum atomic E-state index is 14.4. The first-order valence-corrected chi connectivity index (χ1v) is 10.2. The van der Waals surface area contributed by atoms with Crippen LogP contribution in [0.2, 0.25) is 0 Å². The summed E-state index contributed by atoms with van der Waals surface area (Å²) in [7, 11) is 1.79. The summed E-state index contributed by atoms with van der Waals surface area (Å²) in [5, 5.41) is 21.3. The molecule has 0 saturated heterocycles. The number of aliphatic hydroxyl groups is 1. The zero-order chi connectivity index (χ0) is 22.5. The Bertz CT molecular complexity index is 1650. The van der Waals surface area contributed by atoms with E-state index in [2.05, 4.69) is 25.3 Å². The average molecular weight is 440 g/mol. The Labute approximate surface area is 186 Å². The normalized spacial score (nSPS) is 11.6. The molecular formula is C23H17FN8O. The smallest absolute Gasteiger partial charge is 0.161 e. The minimum absolute atomic E-state index is 0.191. The van der Waals surface area contributed by atoms with E-state index in [0.29, 0.717) is 50.7 Å². The van der Waals surface area contributed by atoms with Crippen LogP contribution in [0.5, 0.6) is 0 Å². The Kier molecular flexibility index (Phi) is 4.27. The SMILES string of the molecule is Cn1cc(-c2ccc3[nH]nc(-c4nc5c(-c6ccccc6F)nccc5[nH]4)c3n2)c(CO)n1. The summed E-state index contributed by atoms with van der Waals surface area (Å²) in [6.45, 7) is -0.191. The van der Waals surface area contributed by atoms with Crippen molar-refractivity contribution < 1.29 is 9.50 Å². The third-order valence-corrected chi connectivity index (χ3v) is 5.49. The summed E-state index contributed by atoms with van der Waals surface area (Å²) in [4.78, 5) is 17.1. The van der Waals surface area contributed by atoms with Gasteiger partial charge in [0.15, 0.2) is 11.5 Å². The van der Waals surface area contributed by atoms with Crippen LogP contribution in [0, 0.1) is 5.82 Å². The molecule has 5 heterocycles. The van der Waals surface area contributed by atoms with E-state index in [9.17, 15) is 9.50 Å². The fourth-order valence-corrected chi connectivity index (χ4v) is 3.98. The number of hydrogen-bond donors (Lipinski definition) is 3. The Hall–Kier alpha value is -4.44. The molecule has 162 valence electrons. The number of aromatic nitrogens is 8. The van der Waals surface area contributed by atoms with Crippen molar-refractivity contribution in [2.75, 3.05) is 0 Å². The van der Waals surface area contributed by atoms with Gasteiger partial charge in [-0.05, 0) is 30.3 Å². The van der Waals surface area contributed by atoms with Crippen LogP contribution in [0.1, 0.15) is 5.69 Å². The molecule has 6 aromatic rings. The van der Waals surface area contributed by atoms with E-state index < -0.39 is 0 Å². The van der Waals surface area contributed by atoms with E-state index in [1.54, 1.807) is 42.2 Å². The molecule has 0 aliphatic heterocycles. The molecule has 0 fully saturated rings. The molecule has 0 bridgehead atoms. The molecule has 0 aliphatic carbocycles. The lowest BCUT2D eigenvalue weighted by Crippen LogP contribution is -1.92. The van der Waals surface area contributed by atoms with Crippen molar-refractivity contribution in [1.29, 1.82) is 0 Å². The lowest BCUT2D eigenvalue weighted by Gasteiger charge is -2.02. The molecular weight excluding hydrogens is 423 g/mol. The number of aromatic amines is 2. The number of benzene rings is 1. The van der Waals surface area contributed by atoms with Gasteiger partial charge < -0.3 is 10.1 Å². The van der Waals surface area contributed by atoms with Crippen molar-refractivity contribution >= 4 is 22.1 Å². The number of nitrogens with zero attached hydrogens (tertiary/aromatic N) is 6. The third kappa shape index (κ3) is 3.07. The molecule has 0 spiro atoms. The van der Waals surface area contributed by atoms with Crippen molar-refractivity contribution in [3.8, 4) is 34.0 Å². The highest BCUT2D eigenvalue weighted by Crippen LogP contribution is 2.32. The molecule has 0 saturated carbocycles. The number of nitrogens with one attached hydrogen (secondary N) is 2. The van der Waals surface area contributed by atoms with Crippen molar-refractivity contribution in [2.24, 2.45) is 7.05 Å². The van der Waals surface area contributed by atoms with Crippen LogP contribution >= 0.6 is 0 Å². The standard InChI is InChI=1S/C23H17FN8O/c1-32-10-13(18(11-33)31-32)15-6-7-17-21(26-15)22(30-29-17)23-27-16-8-9-25-19(20(16)28-23)12-4-2-3-5-14(12)24/h2-10,33H,11H2,1H3,(H,27,28)(H,29,30). The van der Waals surface area contributed by atoms with Gasteiger partial charge in [-0.2, -0.15) is 10.2 Å². The minimum atomic E-state index is -0.366. The summed E-state index contributed by atoms with van der Waals surface area (Å²) in [6, 6.07) is 12.0. The number of H-pyrrole nitrogens is 2. The summed E-state index contributed by atoms with van der Waals surface area (Å²) < 4.78 is 16.1. The molecule has 6 rings (SSSR count). The van der Waals surface area contributed by atoms with Gasteiger partial charge in [-0.1, -0.05) is 12.1 Å². The van der Waals surface area contributed by atoms with Crippen LogP contribution in [0.4, 0.5) is 4.39 Å². The second kappa shape index (κ2) is 7.31. The van der Waals surface area contributed by atoms with Gasteiger partial charge in [0.25, 0.3) is 0 Å². The zero-order valence-electron chi connectivity index (χ0n) is 17.4. The number of hydrogen-bond acceptors (Lipinski definition) is 6. The fourth-order valence-electron chi connectivity index (χ4n) is 3.98. The van der Waals surface area contributed by atoms with E-state index in [-0.39, 0.29) is 12.4 Å². The van der Waals surface area contributed by atoms with Crippen LogP contribution in [0.25, 0.3) is 56.1 Å². The van der Waals surface area contributed by atoms with Gasteiger partial charge in [-0.3, -0.25) is 14.8 Å². The highest BCUT2D eigenvalue weighted by Gasteiger charge is 2.19. The first-order valence-electron chi connectivity index (χ1n) is 10.2. The lowest BCUT2D eigenvalue weighted by molar-refractivity contribution is 0.276. The maximum Gasteiger partial charge on any atom is 0.161 e. The number of aliphatic hydroxyl groups excluding tert-OH is 1. The van der Waals surface area contributed by atoms with E-state index in [1.165, 1.54) is 6.07 Å². The molecule has 33 heavy (non-hydrogen) atoms. The van der Waals surface area contributed by atoms with Gasteiger partial charge >= 0.3 is 0 Å². The van der Waals surface area contributed by atoms with Crippen molar-refractivity contribution in [3.05, 3.63) is 66.4 Å². The maximum absolute atomic E-state index is 14.4. The molecule has 0 unspecified atom stereocenters. The van der Waals surface area contributed by atoms with Crippen molar-refractivity contribution in [3.63, 3.8) is 0 Å². The number of pyridine rings is 2. The molecule has 9 nitrogen and oxygen atoms in total. The number of fused-ring (bicyclic) bond motifs is 2. The molecule has 5 aromatic heterocycles. The first kappa shape index (κ1) is 19.3. The molecule has 0 radical (unpaired) electrons. The van der Waals surface area contributed by atoms with Gasteiger partial charge in [0.2, 0.25) is 0 Å². The summed E-state index contributed by atoms with van der Waals surface area (Å²) >= 11 is 0. The number of aryl methyl sites for hydroxylation is 1. The number of imidazole rings is 1. The van der Waals surface area contributed by atoms with E-state index >= 15 is 0 Å². The van der Waals surface area contributed by atoms with Gasteiger partial charge in [-0.15, -0.1) is 0 Å². The molecule has 0 amide bonds. The number of halogens is 1. The van der Waals surface area contributed by atoms with E-state index in [0.717, 1.165) is 11.1 Å². The minimum Gasteiger partial charge on any atom is -0.390 e. The molecule has 1 aromatic carbocycles. The second-order valence-electron chi connectivity index (χ2n) is 7.61. The van der Waals surface area contributed by atoms with Crippen LogP contribution in [-0.4, -0.2) is 45.0 Å². The molecule has 10 heteroatoms. The second-order valence-corrected chi connectivity index (χ2v) is 7.61. The number of rotatable bonds is 4. The average Bonchev–Trinajstić information content (AvgIpc) is 3.54. The summed E-state index contributed by atoms with van der Waals surface area (Å²) in [5.74, 6) is 0.120. The van der Waals surface area contributed by atoms with Gasteiger partial charge in [0.05, 0.1) is 29.0 Å². The fraction of sp³-hybridized carbons (Fsp3) is 0.0870. The summed E-state index contributed by atoms with van der Waals surface area (Å²) in [5.41, 5.74) is 5.88. The van der Waals surface area contributed by atoms with E-state index in [1.807, 2.05) is 18.3 Å². The monoisotopic (exact) mass is 440 g/mol. The van der Waals surface area contributed by atoms with Crippen molar-refractivity contribution in [2.45, 2.75) is 6.61 Å². The van der Waals surface area contributed by atoms with Crippen LogP contribution in [-0.2, 0) is 13.7 Å². The van der Waals surface area contributed by atoms with Gasteiger partial charge in [-0.25, -0.2) is 14.4 Å². The molecule has 3 N–H and O–H groups in total. The van der Waals surface area contributed by atoms with E-state index in [4.69, 9.17) is 9.97 Å². The quantitative estimate of drug-likeness (QED) is 0.385. The Morgan fingerprint density at radius 3 is 2.67 bits per heavy atom. The summed E-state index contributed by atoms with van der Waals surface area (Å²) in [6.07, 6.45) is 3.43. The van der Waals surface area contributed by atoms with Gasteiger partial charge in [0.1, 0.15) is 22.5 Å². The van der Waals surface area contributed by atoms with Gasteiger partial charge in [0, 0.05) is 30.6 Å². The molecule has 0 aliphatic rings. The van der Waals surface area contributed by atoms with Crippen molar-refractivity contribution in [1.82, 2.24) is 39.9 Å². The Balaban J connectivity index is 1.52. The predicted octanol–water partition coefficient (Wildman–Crippen LogP) is 3.60. The highest BCUT2D eigenvalue weighted by molar-refractivity contribution is 5.95. The zero-order valence-corrected chi connectivity index (χ0v) is 17.4. The van der Waals surface area contributed by atoms with Crippen LogP contribution < -0.4 is 0 Å². The Morgan fingerprint density at radius 2 is 1.82 bits per heavy atom. The Morgan fingerprint density at radius 1 is 0.970 bits per heavy atom. The largest absolute Gasteiger partial charge is 0.390 e. The lowest BCUT2D eigenvalue weighted by atomic mass is 10.1. The predicted molar refractivity (Wildman–Crippen MR) is 120 cm³/mol. The first-order chi connectivity index (χ1) is 16.1.